The van der Waals surface area contributed by atoms with E-state index in [1.54, 1.807) is 32.4 Å². The molecule has 0 spiro atoms. The van der Waals surface area contributed by atoms with Crippen molar-refractivity contribution in [2.24, 2.45) is 0 Å². The maximum atomic E-state index is 12.6. The molecule has 30 heavy (non-hydrogen) atoms. The lowest BCUT2D eigenvalue weighted by Gasteiger charge is -2.11. The van der Waals surface area contributed by atoms with Gasteiger partial charge in [-0.1, -0.05) is 42.5 Å². The zero-order chi connectivity index (χ0) is 20.9. The Kier molecular flexibility index (Phi) is 5.66. The van der Waals surface area contributed by atoms with Crippen LogP contribution in [0.4, 0.5) is 0 Å². The van der Waals surface area contributed by atoms with Gasteiger partial charge in [0.05, 0.1) is 37.4 Å². The molecule has 6 nitrogen and oxygen atoms in total. The molecule has 0 saturated carbocycles. The first-order valence-electron chi connectivity index (χ1n) is 9.60. The molecule has 0 atom stereocenters. The van der Waals surface area contributed by atoms with E-state index < -0.39 is 5.97 Å². The molecule has 1 aromatic heterocycles. The van der Waals surface area contributed by atoms with Crippen molar-refractivity contribution in [3.8, 4) is 22.9 Å². The number of rotatable bonds is 7. The normalized spacial score (nSPS) is 10.7. The van der Waals surface area contributed by atoms with Gasteiger partial charge in [-0.3, -0.25) is 0 Å². The number of benzene rings is 3. The molecule has 4 rings (SSSR count). The third kappa shape index (κ3) is 3.98. The minimum atomic E-state index is -0.433. The number of hydrogen-bond acceptors (Lipinski definition) is 5. The van der Waals surface area contributed by atoms with Gasteiger partial charge in [0.15, 0.2) is 0 Å². The molecule has 152 valence electrons. The number of carbonyl (C=O) groups is 1. The number of para-hydroxylation sites is 2. The van der Waals surface area contributed by atoms with Crippen LogP contribution in [0, 0.1) is 0 Å². The lowest BCUT2D eigenvalue weighted by molar-refractivity contribution is 0.0492. The number of ether oxygens (including phenoxy) is 3. The molecule has 0 N–H and O–H groups in total. The topological polar surface area (TPSA) is 62.6 Å². The number of aromatic nitrogens is 2. The van der Waals surface area contributed by atoms with Crippen LogP contribution in [0.2, 0.25) is 0 Å². The van der Waals surface area contributed by atoms with E-state index >= 15 is 0 Å². The molecule has 0 amide bonds. The van der Waals surface area contributed by atoms with Crippen LogP contribution in [0.5, 0.6) is 11.5 Å². The van der Waals surface area contributed by atoms with Crippen LogP contribution >= 0.6 is 0 Å². The fraction of sp³-hybridized carbons (Fsp3) is 0.167. The number of esters is 1. The summed E-state index contributed by atoms with van der Waals surface area (Å²) in [5, 5.41) is 0. The summed E-state index contributed by atoms with van der Waals surface area (Å²) in [5.41, 5.74) is 3.29. The second kappa shape index (κ2) is 8.69. The van der Waals surface area contributed by atoms with Gasteiger partial charge in [0.25, 0.3) is 0 Å². The second-order valence-corrected chi connectivity index (χ2v) is 6.68. The number of carbonyl (C=O) groups excluding carboxylic acids is 1. The molecule has 6 heteroatoms. The Bertz CT molecular complexity index is 1150. The van der Waals surface area contributed by atoms with E-state index in [9.17, 15) is 4.79 Å². The molecule has 1 heterocycles. The van der Waals surface area contributed by atoms with Crippen molar-refractivity contribution in [1.82, 2.24) is 9.55 Å². The predicted octanol–water partition coefficient (Wildman–Crippen LogP) is 4.58. The first kappa shape index (κ1) is 19.5. The summed E-state index contributed by atoms with van der Waals surface area (Å²) in [5.74, 6) is 1.48. The van der Waals surface area contributed by atoms with Crippen LogP contribution in [0.1, 0.15) is 10.4 Å². The van der Waals surface area contributed by atoms with Crippen LogP contribution < -0.4 is 9.47 Å². The molecule has 0 aliphatic rings. The predicted molar refractivity (Wildman–Crippen MR) is 115 cm³/mol. The molecule has 0 aliphatic carbocycles. The van der Waals surface area contributed by atoms with Crippen LogP contribution in [0.25, 0.3) is 22.4 Å². The van der Waals surface area contributed by atoms with Crippen molar-refractivity contribution < 1.29 is 19.0 Å². The van der Waals surface area contributed by atoms with E-state index in [0.29, 0.717) is 23.6 Å². The minimum Gasteiger partial charge on any atom is -0.497 e. The standard InChI is InChI=1S/C24H22N2O4/c1-28-19-14-18(15-20(16-19)29-2)24(27)30-13-12-26-22-11-7-6-10-21(22)25-23(26)17-8-4-3-5-9-17/h3-11,14-16H,12-13H2,1-2H3. The lowest BCUT2D eigenvalue weighted by atomic mass is 10.2. The van der Waals surface area contributed by atoms with E-state index in [0.717, 1.165) is 22.4 Å². The van der Waals surface area contributed by atoms with Crippen molar-refractivity contribution in [3.05, 3.63) is 78.4 Å². The summed E-state index contributed by atoms with van der Waals surface area (Å²) in [6.07, 6.45) is 0. The average molecular weight is 402 g/mol. The number of hydrogen-bond donors (Lipinski definition) is 0. The van der Waals surface area contributed by atoms with Crippen LogP contribution in [-0.4, -0.2) is 36.3 Å². The second-order valence-electron chi connectivity index (χ2n) is 6.68. The van der Waals surface area contributed by atoms with E-state index in [1.165, 1.54) is 0 Å². The maximum Gasteiger partial charge on any atom is 0.338 e. The first-order chi connectivity index (χ1) is 14.7. The van der Waals surface area contributed by atoms with E-state index in [-0.39, 0.29) is 6.61 Å². The first-order valence-corrected chi connectivity index (χ1v) is 9.60. The molecule has 0 bridgehead atoms. The highest BCUT2D eigenvalue weighted by molar-refractivity contribution is 5.90. The largest absolute Gasteiger partial charge is 0.497 e. The van der Waals surface area contributed by atoms with Gasteiger partial charge in [-0.05, 0) is 24.3 Å². The summed E-state index contributed by atoms with van der Waals surface area (Å²) < 4.78 is 18.1. The van der Waals surface area contributed by atoms with Gasteiger partial charge in [-0.25, -0.2) is 9.78 Å². The lowest BCUT2D eigenvalue weighted by Crippen LogP contribution is -2.12. The molecule has 0 aliphatic heterocycles. The Balaban J connectivity index is 1.55. The number of imidazole rings is 1. The van der Waals surface area contributed by atoms with Crippen molar-refractivity contribution in [2.75, 3.05) is 20.8 Å². The van der Waals surface area contributed by atoms with E-state index in [4.69, 9.17) is 19.2 Å². The number of fused-ring (bicyclic) bond motifs is 1. The molecule has 3 aromatic carbocycles. The summed E-state index contributed by atoms with van der Waals surface area (Å²) in [7, 11) is 3.08. The monoisotopic (exact) mass is 402 g/mol. The highest BCUT2D eigenvalue weighted by Gasteiger charge is 2.14. The highest BCUT2D eigenvalue weighted by Crippen LogP contribution is 2.25. The number of nitrogens with zero attached hydrogens (tertiary/aromatic N) is 2. The van der Waals surface area contributed by atoms with Crippen LogP contribution in [-0.2, 0) is 11.3 Å². The van der Waals surface area contributed by atoms with E-state index in [1.807, 2.05) is 54.6 Å². The summed E-state index contributed by atoms with van der Waals surface area (Å²) in [6.45, 7) is 0.691. The Morgan fingerprint density at radius 3 is 2.27 bits per heavy atom. The summed E-state index contributed by atoms with van der Waals surface area (Å²) in [4.78, 5) is 17.3. The van der Waals surface area contributed by atoms with Crippen molar-refractivity contribution in [3.63, 3.8) is 0 Å². The van der Waals surface area contributed by atoms with Gasteiger partial charge in [-0.2, -0.15) is 0 Å². The Morgan fingerprint density at radius 2 is 1.57 bits per heavy atom. The molecular weight excluding hydrogens is 380 g/mol. The van der Waals surface area contributed by atoms with Crippen LogP contribution in [0.3, 0.4) is 0 Å². The fourth-order valence-corrected chi connectivity index (χ4v) is 3.35. The molecule has 4 aromatic rings. The van der Waals surface area contributed by atoms with E-state index in [2.05, 4.69) is 4.57 Å². The fourth-order valence-electron chi connectivity index (χ4n) is 3.35. The number of methoxy groups -OCH3 is 2. The summed E-state index contributed by atoms with van der Waals surface area (Å²) >= 11 is 0. The van der Waals surface area contributed by atoms with Gasteiger partial charge in [-0.15, -0.1) is 0 Å². The highest BCUT2D eigenvalue weighted by atomic mass is 16.5. The van der Waals surface area contributed by atoms with Crippen molar-refractivity contribution >= 4 is 17.0 Å². The Hall–Kier alpha value is -3.80. The molecule has 0 radical (unpaired) electrons. The Labute approximate surface area is 174 Å². The van der Waals surface area contributed by atoms with Crippen molar-refractivity contribution in [1.29, 1.82) is 0 Å². The van der Waals surface area contributed by atoms with Gasteiger partial charge in [0.1, 0.15) is 23.9 Å². The zero-order valence-corrected chi connectivity index (χ0v) is 16.9. The Morgan fingerprint density at radius 1 is 0.900 bits per heavy atom. The average Bonchev–Trinajstić information content (AvgIpc) is 3.17. The van der Waals surface area contributed by atoms with Gasteiger partial charge in [0.2, 0.25) is 0 Å². The molecular formula is C24H22N2O4. The maximum absolute atomic E-state index is 12.6. The van der Waals surface area contributed by atoms with Crippen molar-refractivity contribution in [2.45, 2.75) is 6.54 Å². The SMILES string of the molecule is COc1cc(OC)cc(C(=O)OCCn2c(-c3ccccc3)nc3ccccc32)c1. The minimum absolute atomic E-state index is 0.207. The molecule has 0 fully saturated rings. The summed E-state index contributed by atoms with van der Waals surface area (Å²) in [6, 6.07) is 22.9. The molecule has 0 unspecified atom stereocenters. The quantitative estimate of drug-likeness (QED) is 0.424. The van der Waals surface area contributed by atoms with Gasteiger partial charge >= 0.3 is 5.97 Å². The molecule has 0 saturated heterocycles. The smallest absolute Gasteiger partial charge is 0.338 e. The van der Waals surface area contributed by atoms with Gasteiger partial charge in [0, 0.05) is 11.6 Å². The van der Waals surface area contributed by atoms with Crippen LogP contribution in [0.15, 0.2) is 72.8 Å². The van der Waals surface area contributed by atoms with Gasteiger partial charge < -0.3 is 18.8 Å². The zero-order valence-electron chi connectivity index (χ0n) is 16.9. The third-order valence-corrected chi connectivity index (χ3v) is 4.82. The third-order valence-electron chi connectivity index (χ3n) is 4.82.